The van der Waals surface area contributed by atoms with Gasteiger partial charge < -0.3 is 15.5 Å². The first-order valence-electron chi connectivity index (χ1n) is 10.00. The molecule has 7 heteroatoms. The lowest BCUT2D eigenvalue weighted by molar-refractivity contribution is 0.103. The molecule has 0 unspecified atom stereocenters. The number of ketones is 1. The van der Waals surface area contributed by atoms with Gasteiger partial charge in [0.05, 0.1) is 23.1 Å². The van der Waals surface area contributed by atoms with Crippen molar-refractivity contribution in [2.24, 2.45) is 0 Å². The van der Waals surface area contributed by atoms with Crippen LogP contribution in [0.25, 0.3) is 16.6 Å². The van der Waals surface area contributed by atoms with E-state index in [0.29, 0.717) is 17.0 Å². The van der Waals surface area contributed by atoms with E-state index in [9.17, 15) is 4.79 Å². The molecule has 0 bridgehead atoms. The highest BCUT2D eigenvalue weighted by molar-refractivity contribution is 9.10. The number of aromatic nitrogens is 3. The van der Waals surface area contributed by atoms with Crippen LogP contribution in [0, 0.1) is 6.92 Å². The predicted molar refractivity (Wildman–Crippen MR) is 129 cm³/mol. The second-order valence-electron chi connectivity index (χ2n) is 7.46. The first kappa shape index (κ1) is 20.1. The molecule has 6 nitrogen and oxygen atoms in total. The minimum absolute atomic E-state index is 0.197. The lowest BCUT2D eigenvalue weighted by Gasteiger charge is -2.11. The molecule has 2 heterocycles. The Morgan fingerprint density at radius 1 is 1.03 bits per heavy atom. The first-order valence-corrected chi connectivity index (χ1v) is 10.8. The fourth-order valence-corrected chi connectivity index (χ4v) is 4.04. The van der Waals surface area contributed by atoms with E-state index in [4.69, 9.17) is 10.5 Å². The van der Waals surface area contributed by atoms with E-state index in [1.807, 2.05) is 79.7 Å². The van der Waals surface area contributed by atoms with Crippen LogP contribution in [-0.4, -0.2) is 20.5 Å². The summed E-state index contributed by atoms with van der Waals surface area (Å²) >= 11 is 3.45. The van der Waals surface area contributed by atoms with Crippen molar-refractivity contribution in [3.63, 3.8) is 0 Å². The topological polar surface area (TPSA) is 85.9 Å². The summed E-state index contributed by atoms with van der Waals surface area (Å²) in [6.45, 7) is 1.95. The highest BCUT2D eigenvalue weighted by Gasteiger charge is 2.20. The highest BCUT2D eigenvalue weighted by atomic mass is 79.9. The van der Waals surface area contributed by atoms with Crippen molar-refractivity contribution in [3.8, 4) is 17.2 Å². The van der Waals surface area contributed by atoms with Crippen LogP contribution >= 0.6 is 15.9 Å². The summed E-state index contributed by atoms with van der Waals surface area (Å²) in [6.07, 6.45) is 1.51. The lowest BCUT2D eigenvalue weighted by Crippen LogP contribution is -2.08. The van der Waals surface area contributed by atoms with E-state index in [2.05, 4.69) is 26.0 Å². The van der Waals surface area contributed by atoms with E-state index >= 15 is 0 Å². The number of anilines is 1. The quantitative estimate of drug-likeness (QED) is 0.297. The molecule has 0 spiro atoms. The van der Waals surface area contributed by atoms with E-state index in [1.54, 1.807) is 4.68 Å². The molecule has 5 rings (SSSR count). The van der Waals surface area contributed by atoms with Crippen LogP contribution in [0.2, 0.25) is 0 Å². The van der Waals surface area contributed by atoms with Crippen molar-refractivity contribution in [1.82, 2.24) is 14.8 Å². The van der Waals surface area contributed by atoms with Crippen LogP contribution in [0.1, 0.15) is 21.6 Å². The Kier molecular flexibility index (Phi) is 5.03. The maximum absolute atomic E-state index is 13.1. The number of H-pyrrole nitrogens is 1. The molecule has 0 atom stereocenters. The zero-order valence-corrected chi connectivity index (χ0v) is 18.8. The van der Waals surface area contributed by atoms with Crippen LogP contribution in [0.15, 0.2) is 83.5 Å². The number of nitrogens with one attached hydrogen (secondary N) is 1. The van der Waals surface area contributed by atoms with E-state index in [0.717, 1.165) is 32.4 Å². The number of aryl methyl sites for hydroxylation is 1. The van der Waals surface area contributed by atoms with Gasteiger partial charge in [-0.2, -0.15) is 5.10 Å². The minimum Gasteiger partial charge on any atom is -0.457 e. The van der Waals surface area contributed by atoms with Gasteiger partial charge in [-0.15, -0.1) is 0 Å². The number of aromatic amines is 1. The molecule has 0 aliphatic rings. The molecule has 0 saturated heterocycles. The third-order valence-corrected chi connectivity index (χ3v) is 5.75. The number of carbonyl (C=O) groups is 1. The molecular weight excluding hydrogens is 468 g/mol. The van der Waals surface area contributed by atoms with Crippen LogP contribution in [0.5, 0.6) is 11.5 Å². The van der Waals surface area contributed by atoms with Crippen LogP contribution in [0.3, 0.4) is 0 Å². The number of para-hydroxylation sites is 1. The summed E-state index contributed by atoms with van der Waals surface area (Å²) < 4.78 is 8.46. The second kappa shape index (κ2) is 8.01. The number of rotatable bonds is 5. The first-order chi connectivity index (χ1) is 15.5. The largest absolute Gasteiger partial charge is 0.457 e. The zero-order valence-electron chi connectivity index (χ0n) is 17.2. The number of fused-ring (bicyclic) bond motifs is 1. The SMILES string of the molecule is Cc1cc(Oc2cccc(Br)c2)ccc1-n1ncc(C(=O)c2cc3ccccc3[nH]2)c1N. The predicted octanol–water partition coefficient (Wildman–Crippen LogP) is 6.03. The molecule has 32 heavy (non-hydrogen) atoms. The molecule has 3 aromatic carbocycles. The average Bonchev–Trinajstić information content (AvgIpc) is 3.37. The van der Waals surface area contributed by atoms with Crippen molar-refractivity contribution in [3.05, 3.63) is 100 Å². The standard InChI is InChI=1S/C25H19BrN4O2/c1-15-11-19(32-18-7-4-6-17(26)13-18)9-10-23(15)30-25(27)20(14-28-30)24(31)22-12-16-5-2-3-8-21(16)29-22/h2-14,29H,27H2,1H3. The van der Waals surface area contributed by atoms with Crippen molar-refractivity contribution in [1.29, 1.82) is 0 Å². The number of halogens is 1. The van der Waals surface area contributed by atoms with Gasteiger partial charge in [0.25, 0.3) is 0 Å². The van der Waals surface area contributed by atoms with E-state index in [-0.39, 0.29) is 11.6 Å². The number of nitrogen functional groups attached to an aromatic ring is 1. The fraction of sp³-hybridized carbons (Fsp3) is 0.0400. The third-order valence-electron chi connectivity index (χ3n) is 5.25. The van der Waals surface area contributed by atoms with Gasteiger partial charge in [0, 0.05) is 15.4 Å². The Morgan fingerprint density at radius 2 is 1.84 bits per heavy atom. The number of hydrogen-bond donors (Lipinski definition) is 2. The van der Waals surface area contributed by atoms with Gasteiger partial charge in [-0.25, -0.2) is 4.68 Å². The monoisotopic (exact) mass is 486 g/mol. The normalized spacial score (nSPS) is 11.1. The molecule has 0 aliphatic heterocycles. The van der Waals surface area contributed by atoms with Gasteiger partial charge in [0.15, 0.2) is 0 Å². The summed E-state index contributed by atoms with van der Waals surface area (Å²) in [6, 6.07) is 22.9. The number of nitrogens with two attached hydrogens (primary N) is 1. The second-order valence-corrected chi connectivity index (χ2v) is 8.38. The Bertz CT molecular complexity index is 1440. The smallest absolute Gasteiger partial charge is 0.214 e. The molecule has 158 valence electrons. The van der Waals surface area contributed by atoms with E-state index in [1.165, 1.54) is 6.20 Å². The fourth-order valence-electron chi connectivity index (χ4n) is 3.66. The van der Waals surface area contributed by atoms with Crippen LogP contribution in [-0.2, 0) is 0 Å². The Morgan fingerprint density at radius 3 is 2.62 bits per heavy atom. The van der Waals surface area contributed by atoms with Gasteiger partial charge in [-0.3, -0.25) is 4.79 Å². The zero-order chi connectivity index (χ0) is 22.2. The number of nitrogens with zero attached hydrogens (tertiary/aromatic N) is 2. The summed E-state index contributed by atoms with van der Waals surface area (Å²) in [7, 11) is 0. The summed E-state index contributed by atoms with van der Waals surface area (Å²) in [5, 5.41) is 5.35. The summed E-state index contributed by atoms with van der Waals surface area (Å²) in [5.41, 5.74) is 9.77. The highest BCUT2D eigenvalue weighted by Crippen LogP contribution is 2.29. The van der Waals surface area contributed by atoms with Gasteiger partial charge in [-0.1, -0.05) is 40.2 Å². The maximum Gasteiger partial charge on any atom is 0.214 e. The van der Waals surface area contributed by atoms with Crippen molar-refractivity contribution >= 4 is 38.4 Å². The summed E-state index contributed by atoms with van der Waals surface area (Å²) in [4.78, 5) is 16.2. The molecule has 0 amide bonds. The number of ether oxygens (including phenoxy) is 1. The lowest BCUT2D eigenvalue weighted by atomic mass is 10.1. The molecule has 0 saturated carbocycles. The maximum atomic E-state index is 13.1. The Hall–Kier alpha value is -3.84. The number of benzene rings is 3. The molecule has 0 aliphatic carbocycles. The van der Waals surface area contributed by atoms with Gasteiger partial charge in [0.2, 0.25) is 5.78 Å². The van der Waals surface area contributed by atoms with Crippen molar-refractivity contribution < 1.29 is 9.53 Å². The molecule has 5 aromatic rings. The van der Waals surface area contributed by atoms with Gasteiger partial charge in [-0.05, 0) is 61.0 Å². The summed E-state index contributed by atoms with van der Waals surface area (Å²) in [5.74, 6) is 1.52. The average molecular weight is 487 g/mol. The van der Waals surface area contributed by atoms with Crippen LogP contribution in [0.4, 0.5) is 5.82 Å². The number of hydrogen-bond acceptors (Lipinski definition) is 4. The van der Waals surface area contributed by atoms with Crippen molar-refractivity contribution in [2.75, 3.05) is 5.73 Å². The molecule has 0 fully saturated rings. The van der Waals surface area contributed by atoms with E-state index < -0.39 is 0 Å². The Balaban J connectivity index is 1.44. The minimum atomic E-state index is -0.197. The number of carbonyl (C=O) groups excluding carboxylic acids is 1. The van der Waals surface area contributed by atoms with Crippen LogP contribution < -0.4 is 10.5 Å². The Labute approximate surface area is 192 Å². The third kappa shape index (κ3) is 3.67. The molecular formula is C25H19BrN4O2. The van der Waals surface area contributed by atoms with Gasteiger partial charge >= 0.3 is 0 Å². The molecule has 3 N–H and O–H groups in total. The van der Waals surface area contributed by atoms with Gasteiger partial charge in [0.1, 0.15) is 17.3 Å². The molecule has 0 radical (unpaired) electrons. The van der Waals surface area contributed by atoms with Crippen molar-refractivity contribution in [2.45, 2.75) is 6.92 Å². The molecule has 2 aromatic heterocycles.